The molecule has 0 bridgehead atoms. The summed E-state index contributed by atoms with van der Waals surface area (Å²) >= 11 is 0. The number of aromatic amines is 1. The van der Waals surface area contributed by atoms with E-state index in [0.29, 0.717) is 16.3 Å². The lowest BCUT2D eigenvalue weighted by molar-refractivity contribution is 0.592. The van der Waals surface area contributed by atoms with Crippen molar-refractivity contribution >= 4 is 20.7 Å². The third kappa shape index (κ3) is 1.93. The lowest BCUT2D eigenvalue weighted by atomic mass is 10.1. The summed E-state index contributed by atoms with van der Waals surface area (Å²) in [6.45, 7) is 1.97. The van der Waals surface area contributed by atoms with E-state index < -0.39 is 9.84 Å². The Labute approximate surface area is 118 Å². The summed E-state index contributed by atoms with van der Waals surface area (Å²) in [7, 11) is -3.50. The minimum atomic E-state index is -3.50. The van der Waals surface area contributed by atoms with Crippen molar-refractivity contribution in [3.63, 3.8) is 0 Å². The largest absolute Gasteiger partial charge is 0.345 e. The van der Waals surface area contributed by atoms with E-state index in [0.717, 1.165) is 16.5 Å². The third-order valence-electron chi connectivity index (χ3n) is 3.45. The smallest absolute Gasteiger partial charge is 0.222 e. The lowest BCUT2D eigenvalue weighted by Gasteiger charge is -2.04. The van der Waals surface area contributed by atoms with Gasteiger partial charge in [-0.15, -0.1) is 0 Å². The molecule has 1 aromatic heterocycles. The molecule has 3 nitrogen and oxygen atoms in total. The second-order valence-corrected chi connectivity index (χ2v) is 6.53. The van der Waals surface area contributed by atoms with Crippen LogP contribution >= 0.6 is 0 Å². The zero-order valence-electron chi connectivity index (χ0n) is 11.1. The molecule has 0 saturated heterocycles. The highest BCUT2D eigenvalue weighted by atomic mass is 32.2. The van der Waals surface area contributed by atoms with Crippen molar-refractivity contribution in [2.24, 2.45) is 0 Å². The first-order valence-electron chi connectivity index (χ1n) is 6.54. The Morgan fingerprint density at radius 1 is 0.950 bits per heavy atom. The van der Waals surface area contributed by atoms with Crippen LogP contribution in [0, 0.1) is 0 Å². The molecule has 102 valence electrons. The Bertz CT molecular complexity index is 849. The average molecular weight is 285 g/mol. The van der Waals surface area contributed by atoms with Crippen molar-refractivity contribution in [1.29, 1.82) is 0 Å². The molecule has 0 aliphatic carbocycles. The van der Waals surface area contributed by atoms with Gasteiger partial charge in [0.2, 0.25) is 9.84 Å². The molecule has 3 rings (SSSR count). The number of para-hydroxylation sites is 1. The van der Waals surface area contributed by atoms with Crippen molar-refractivity contribution in [2.75, 3.05) is 0 Å². The van der Waals surface area contributed by atoms with Crippen LogP contribution < -0.4 is 0 Å². The summed E-state index contributed by atoms with van der Waals surface area (Å²) in [5.41, 5.74) is 1.71. The monoisotopic (exact) mass is 285 g/mol. The van der Waals surface area contributed by atoms with Crippen LogP contribution in [-0.2, 0) is 16.3 Å². The fourth-order valence-electron chi connectivity index (χ4n) is 2.47. The molecule has 0 atom stereocenters. The number of fused-ring (bicyclic) bond motifs is 1. The molecule has 0 amide bonds. The van der Waals surface area contributed by atoms with Crippen LogP contribution in [0.5, 0.6) is 0 Å². The van der Waals surface area contributed by atoms with Gasteiger partial charge in [0, 0.05) is 10.9 Å². The van der Waals surface area contributed by atoms with E-state index in [1.54, 1.807) is 24.3 Å². The number of sulfone groups is 1. The molecule has 0 aliphatic heterocycles. The van der Waals surface area contributed by atoms with E-state index in [4.69, 9.17) is 0 Å². The molecule has 3 aromatic rings. The van der Waals surface area contributed by atoms with Gasteiger partial charge in [-0.1, -0.05) is 43.3 Å². The molecule has 20 heavy (non-hydrogen) atoms. The van der Waals surface area contributed by atoms with Gasteiger partial charge in [0.1, 0.15) is 5.03 Å². The molecule has 0 radical (unpaired) electrons. The molecular formula is C16H15NO2S. The zero-order valence-corrected chi connectivity index (χ0v) is 11.9. The summed E-state index contributed by atoms with van der Waals surface area (Å²) in [6, 6.07) is 16.2. The number of H-pyrrole nitrogens is 1. The molecular weight excluding hydrogens is 270 g/mol. The Kier molecular flexibility index (Phi) is 3.10. The van der Waals surface area contributed by atoms with Crippen molar-refractivity contribution in [1.82, 2.24) is 4.98 Å². The van der Waals surface area contributed by atoms with Gasteiger partial charge < -0.3 is 4.98 Å². The Morgan fingerprint density at radius 3 is 2.30 bits per heavy atom. The van der Waals surface area contributed by atoms with Crippen LogP contribution in [0.1, 0.15) is 12.5 Å². The fraction of sp³-hybridized carbons (Fsp3) is 0.125. The average Bonchev–Trinajstić information content (AvgIpc) is 2.87. The maximum atomic E-state index is 12.8. The number of nitrogens with one attached hydrogen (secondary N) is 1. The standard InChI is InChI=1S/C16H15NO2S/c1-2-13-14-10-6-7-11-15(14)17-16(13)20(18,19)12-8-4-3-5-9-12/h3-11,17H,2H2,1H3. The van der Waals surface area contributed by atoms with E-state index >= 15 is 0 Å². The van der Waals surface area contributed by atoms with Gasteiger partial charge >= 0.3 is 0 Å². The number of rotatable bonds is 3. The molecule has 0 aliphatic rings. The normalized spacial score (nSPS) is 11.8. The van der Waals surface area contributed by atoms with Crippen LogP contribution in [0.2, 0.25) is 0 Å². The highest BCUT2D eigenvalue weighted by molar-refractivity contribution is 7.91. The second-order valence-electron chi connectivity index (χ2n) is 4.65. The summed E-state index contributed by atoms with van der Waals surface area (Å²) < 4.78 is 25.5. The maximum absolute atomic E-state index is 12.8. The summed E-state index contributed by atoms with van der Waals surface area (Å²) in [5, 5.41) is 1.29. The van der Waals surface area contributed by atoms with E-state index in [9.17, 15) is 8.42 Å². The number of hydrogen-bond acceptors (Lipinski definition) is 2. The van der Waals surface area contributed by atoms with E-state index in [2.05, 4.69) is 4.98 Å². The summed E-state index contributed by atoms with van der Waals surface area (Å²) in [6.07, 6.45) is 0.672. The quantitative estimate of drug-likeness (QED) is 0.800. The Balaban J connectivity index is 2.30. The number of aryl methyl sites for hydroxylation is 1. The van der Waals surface area contributed by atoms with E-state index in [1.807, 2.05) is 37.3 Å². The molecule has 2 aromatic carbocycles. The zero-order chi connectivity index (χ0) is 14.2. The van der Waals surface area contributed by atoms with Crippen molar-refractivity contribution in [2.45, 2.75) is 23.3 Å². The molecule has 4 heteroatoms. The summed E-state index contributed by atoms with van der Waals surface area (Å²) in [4.78, 5) is 3.39. The molecule has 1 N–H and O–H groups in total. The minimum absolute atomic E-state index is 0.312. The predicted molar refractivity (Wildman–Crippen MR) is 79.6 cm³/mol. The Morgan fingerprint density at radius 2 is 1.60 bits per heavy atom. The van der Waals surface area contributed by atoms with Crippen molar-refractivity contribution in [3.05, 3.63) is 60.2 Å². The number of hydrogen-bond donors (Lipinski definition) is 1. The van der Waals surface area contributed by atoms with Crippen LogP contribution in [0.3, 0.4) is 0 Å². The highest BCUT2D eigenvalue weighted by Crippen LogP contribution is 2.30. The highest BCUT2D eigenvalue weighted by Gasteiger charge is 2.24. The first-order chi connectivity index (χ1) is 9.64. The number of aromatic nitrogens is 1. The third-order valence-corrected chi connectivity index (χ3v) is 5.23. The van der Waals surface area contributed by atoms with Gasteiger partial charge in [0.05, 0.1) is 4.90 Å². The predicted octanol–water partition coefficient (Wildman–Crippen LogP) is 3.56. The first-order valence-corrected chi connectivity index (χ1v) is 8.02. The minimum Gasteiger partial charge on any atom is -0.345 e. The molecule has 0 unspecified atom stereocenters. The summed E-state index contributed by atoms with van der Waals surface area (Å²) in [5.74, 6) is 0. The van der Waals surface area contributed by atoms with Gasteiger partial charge in [0.25, 0.3) is 0 Å². The van der Waals surface area contributed by atoms with Crippen LogP contribution in [0.25, 0.3) is 10.9 Å². The fourth-order valence-corrected chi connectivity index (χ4v) is 4.05. The Hall–Kier alpha value is -2.07. The molecule has 0 spiro atoms. The van der Waals surface area contributed by atoms with E-state index in [1.165, 1.54) is 0 Å². The van der Waals surface area contributed by atoms with Gasteiger partial charge in [-0.2, -0.15) is 0 Å². The van der Waals surface area contributed by atoms with Crippen molar-refractivity contribution < 1.29 is 8.42 Å². The molecule has 0 fully saturated rings. The first kappa shape index (κ1) is 12.9. The van der Waals surface area contributed by atoms with E-state index in [-0.39, 0.29) is 0 Å². The van der Waals surface area contributed by atoms with Gasteiger partial charge in [-0.3, -0.25) is 0 Å². The second kappa shape index (κ2) is 4.80. The van der Waals surface area contributed by atoms with Gasteiger partial charge in [-0.25, -0.2) is 8.42 Å². The lowest BCUT2D eigenvalue weighted by Crippen LogP contribution is -2.04. The topological polar surface area (TPSA) is 49.9 Å². The van der Waals surface area contributed by atoms with Gasteiger partial charge in [-0.05, 0) is 30.2 Å². The van der Waals surface area contributed by atoms with Crippen molar-refractivity contribution in [3.8, 4) is 0 Å². The maximum Gasteiger partial charge on any atom is 0.222 e. The number of benzene rings is 2. The van der Waals surface area contributed by atoms with Gasteiger partial charge in [0.15, 0.2) is 0 Å². The van der Waals surface area contributed by atoms with Crippen LogP contribution in [0.15, 0.2) is 64.5 Å². The SMILES string of the molecule is CCc1c(S(=O)(=O)c2ccccc2)[nH]c2ccccc12. The van der Waals surface area contributed by atoms with Crippen LogP contribution in [-0.4, -0.2) is 13.4 Å². The molecule has 0 saturated carbocycles. The van der Waals surface area contributed by atoms with Crippen LogP contribution in [0.4, 0.5) is 0 Å². The molecule has 1 heterocycles.